The molecule has 212 valence electrons. The fraction of sp³-hybridized carbons (Fsp3) is 0.379. The molecule has 12 heteroatoms. The number of hydrogen-bond acceptors (Lipinski definition) is 7. The molecule has 1 N–H and O–H groups in total. The predicted molar refractivity (Wildman–Crippen MR) is 152 cm³/mol. The smallest absolute Gasteiger partial charge is 0.311 e. The largest absolute Gasteiger partial charge is 0.466 e. The highest BCUT2D eigenvalue weighted by Gasteiger charge is 2.32. The third kappa shape index (κ3) is 5.67. The molecule has 1 aliphatic carbocycles. The van der Waals surface area contributed by atoms with Crippen molar-refractivity contribution in [2.45, 2.75) is 59.0 Å². The maximum absolute atomic E-state index is 12.8. The van der Waals surface area contributed by atoms with Crippen LogP contribution in [0.2, 0.25) is 5.02 Å². The van der Waals surface area contributed by atoms with E-state index < -0.39 is 5.41 Å². The normalized spacial score (nSPS) is 13.7. The van der Waals surface area contributed by atoms with E-state index in [0.29, 0.717) is 36.2 Å². The fourth-order valence-corrected chi connectivity index (χ4v) is 5.18. The molecule has 1 saturated carbocycles. The van der Waals surface area contributed by atoms with Gasteiger partial charge in [-0.25, -0.2) is 14.6 Å². The van der Waals surface area contributed by atoms with Crippen molar-refractivity contribution in [3.8, 4) is 0 Å². The highest BCUT2D eigenvalue weighted by Crippen LogP contribution is 2.41. The molecule has 0 radical (unpaired) electrons. The highest BCUT2D eigenvalue weighted by molar-refractivity contribution is 6.30. The Bertz CT molecular complexity index is 1760. The summed E-state index contributed by atoms with van der Waals surface area (Å²) in [5.41, 5.74) is 4.86. The van der Waals surface area contributed by atoms with Crippen molar-refractivity contribution in [3.05, 3.63) is 82.5 Å². The standard InChI is InChI=1S/C29H31ClN8O3/c1-4-41-28(40)29(2,3)11-19-9-20(18-5-6-18)13-37-14-22(33-26(19)37)15-38-16-24(34-35-38)27(39)31-12-23-25-10-21(30)7-8-36(25)17-32-23/h7-10,13-14,16-18H,4-6,11-12,15H2,1-3H3,(H,31,39). The highest BCUT2D eigenvalue weighted by atomic mass is 35.5. The second kappa shape index (κ2) is 10.6. The third-order valence-electron chi connectivity index (χ3n) is 7.30. The molecule has 1 amide bonds. The zero-order chi connectivity index (χ0) is 28.7. The number of halogens is 1. The van der Waals surface area contributed by atoms with Crippen LogP contribution >= 0.6 is 11.6 Å². The summed E-state index contributed by atoms with van der Waals surface area (Å²) in [7, 11) is 0. The average Bonchev–Trinajstić information content (AvgIpc) is 3.34. The lowest BCUT2D eigenvalue weighted by molar-refractivity contribution is -0.153. The molecule has 0 bridgehead atoms. The number of nitrogens with one attached hydrogen (secondary N) is 1. The summed E-state index contributed by atoms with van der Waals surface area (Å²) < 4.78 is 10.8. The molecule has 6 rings (SSSR count). The van der Waals surface area contributed by atoms with E-state index >= 15 is 0 Å². The first-order valence-electron chi connectivity index (χ1n) is 13.7. The number of pyridine rings is 2. The number of fused-ring (bicyclic) bond motifs is 2. The van der Waals surface area contributed by atoms with Crippen LogP contribution in [-0.2, 0) is 29.0 Å². The number of esters is 1. The zero-order valence-electron chi connectivity index (χ0n) is 23.2. The summed E-state index contributed by atoms with van der Waals surface area (Å²) in [6, 6.07) is 5.76. The van der Waals surface area contributed by atoms with Crippen LogP contribution in [0.5, 0.6) is 0 Å². The van der Waals surface area contributed by atoms with Crippen molar-refractivity contribution >= 4 is 34.6 Å². The maximum Gasteiger partial charge on any atom is 0.311 e. The quantitative estimate of drug-likeness (QED) is 0.248. The summed E-state index contributed by atoms with van der Waals surface area (Å²) in [5.74, 6) is -0.0321. The number of carbonyl (C=O) groups is 2. The second-order valence-corrected chi connectivity index (χ2v) is 11.6. The number of aromatic nitrogens is 7. The molecule has 0 saturated heterocycles. The van der Waals surface area contributed by atoms with Crippen LogP contribution < -0.4 is 5.32 Å². The van der Waals surface area contributed by atoms with Crippen LogP contribution in [0, 0.1) is 5.41 Å². The first-order chi connectivity index (χ1) is 19.7. The second-order valence-electron chi connectivity index (χ2n) is 11.1. The number of imidazole rings is 2. The van der Waals surface area contributed by atoms with Gasteiger partial charge in [0.2, 0.25) is 0 Å². The minimum atomic E-state index is -0.686. The molecule has 0 aliphatic heterocycles. The van der Waals surface area contributed by atoms with Crippen molar-refractivity contribution in [3.63, 3.8) is 0 Å². The van der Waals surface area contributed by atoms with E-state index in [4.69, 9.17) is 21.3 Å². The Morgan fingerprint density at radius 3 is 2.78 bits per heavy atom. The Morgan fingerprint density at radius 2 is 2.00 bits per heavy atom. The summed E-state index contributed by atoms with van der Waals surface area (Å²) in [5, 5.41) is 11.7. The topological polar surface area (TPSA) is 121 Å². The molecule has 1 aliphatic rings. The van der Waals surface area contributed by atoms with Gasteiger partial charge >= 0.3 is 5.97 Å². The fourth-order valence-electron chi connectivity index (χ4n) is 5.02. The minimum absolute atomic E-state index is 0.197. The lowest BCUT2D eigenvalue weighted by Gasteiger charge is -2.23. The summed E-state index contributed by atoms with van der Waals surface area (Å²) in [4.78, 5) is 34.6. The van der Waals surface area contributed by atoms with Gasteiger partial charge < -0.3 is 18.9 Å². The molecule has 5 aromatic heterocycles. The predicted octanol–water partition coefficient (Wildman–Crippen LogP) is 4.21. The van der Waals surface area contributed by atoms with E-state index in [1.807, 2.05) is 42.0 Å². The summed E-state index contributed by atoms with van der Waals surface area (Å²) in [6.07, 6.45) is 12.0. The van der Waals surface area contributed by atoms with Crippen LogP contribution in [0.4, 0.5) is 0 Å². The van der Waals surface area contributed by atoms with E-state index in [1.54, 1.807) is 29.3 Å². The SMILES string of the molecule is CCOC(=O)C(C)(C)Cc1cc(C2CC2)cn2cc(Cn3cc(C(=O)NCc4ncn5ccc(Cl)cc45)nn3)nc12. The van der Waals surface area contributed by atoms with Crippen LogP contribution in [0.3, 0.4) is 0 Å². The minimum Gasteiger partial charge on any atom is -0.466 e. The summed E-state index contributed by atoms with van der Waals surface area (Å²) in [6.45, 7) is 6.54. The monoisotopic (exact) mass is 574 g/mol. The third-order valence-corrected chi connectivity index (χ3v) is 7.54. The lowest BCUT2D eigenvalue weighted by Crippen LogP contribution is -2.29. The van der Waals surface area contributed by atoms with Gasteiger partial charge in [-0.15, -0.1) is 5.10 Å². The zero-order valence-corrected chi connectivity index (χ0v) is 23.9. The Labute approximate surface area is 241 Å². The molecule has 0 atom stereocenters. The van der Waals surface area contributed by atoms with Gasteiger partial charge in [0.1, 0.15) is 5.65 Å². The van der Waals surface area contributed by atoms with Crippen LogP contribution in [-0.4, -0.2) is 52.2 Å². The van der Waals surface area contributed by atoms with Gasteiger partial charge in [-0.1, -0.05) is 22.9 Å². The molecular formula is C29H31ClN8O3. The van der Waals surface area contributed by atoms with Crippen molar-refractivity contribution in [2.75, 3.05) is 6.61 Å². The van der Waals surface area contributed by atoms with Crippen LogP contribution in [0.15, 0.2) is 49.3 Å². The van der Waals surface area contributed by atoms with Gasteiger partial charge in [0, 0.05) is 23.6 Å². The Morgan fingerprint density at radius 1 is 1.17 bits per heavy atom. The first-order valence-corrected chi connectivity index (χ1v) is 14.0. The molecule has 5 heterocycles. The van der Waals surface area contributed by atoms with E-state index in [-0.39, 0.29) is 24.1 Å². The van der Waals surface area contributed by atoms with Crippen molar-refractivity contribution in [1.29, 1.82) is 0 Å². The summed E-state index contributed by atoms with van der Waals surface area (Å²) >= 11 is 6.11. The van der Waals surface area contributed by atoms with Gasteiger partial charge in [-0.2, -0.15) is 0 Å². The lowest BCUT2D eigenvalue weighted by atomic mass is 9.85. The van der Waals surface area contributed by atoms with E-state index in [1.165, 1.54) is 18.4 Å². The van der Waals surface area contributed by atoms with Crippen molar-refractivity contribution < 1.29 is 14.3 Å². The Kier molecular flexibility index (Phi) is 6.98. The van der Waals surface area contributed by atoms with Gasteiger partial charge in [0.15, 0.2) is 5.69 Å². The number of hydrogen-bond donors (Lipinski definition) is 1. The van der Waals surface area contributed by atoms with Crippen LogP contribution in [0.1, 0.15) is 72.5 Å². The molecule has 1 fully saturated rings. The van der Waals surface area contributed by atoms with Crippen molar-refractivity contribution in [2.24, 2.45) is 5.41 Å². The first kappa shape index (κ1) is 26.9. The molecule has 41 heavy (non-hydrogen) atoms. The molecule has 0 spiro atoms. The Hall–Kier alpha value is -4.25. The molecule has 0 unspecified atom stereocenters. The van der Waals surface area contributed by atoms with Gasteiger partial charge in [-0.05, 0) is 69.2 Å². The number of carbonyl (C=O) groups excluding carboxylic acids is 2. The number of ether oxygens (including phenoxy) is 1. The maximum atomic E-state index is 12.8. The molecule has 0 aromatic carbocycles. The van der Waals surface area contributed by atoms with E-state index in [0.717, 1.165) is 22.4 Å². The van der Waals surface area contributed by atoms with E-state index in [9.17, 15) is 9.59 Å². The molecule has 5 aromatic rings. The Balaban J connectivity index is 1.18. The number of rotatable bonds is 10. The van der Waals surface area contributed by atoms with Crippen molar-refractivity contribution in [1.82, 2.24) is 39.1 Å². The van der Waals surface area contributed by atoms with Gasteiger partial charge in [0.25, 0.3) is 5.91 Å². The average molecular weight is 575 g/mol. The van der Waals surface area contributed by atoms with Crippen LogP contribution in [0.25, 0.3) is 11.2 Å². The van der Waals surface area contributed by atoms with Gasteiger partial charge in [-0.3, -0.25) is 9.59 Å². The number of amides is 1. The van der Waals surface area contributed by atoms with E-state index in [2.05, 4.69) is 32.9 Å². The van der Waals surface area contributed by atoms with Gasteiger partial charge in [0.05, 0.1) is 54.5 Å². The molecule has 11 nitrogen and oxygen atoms in total. The number of nitrogens with zero attached hydrogens (tertiary/aromatic N) is 7. The molecular weight excluding hydrogens is 544 g/mol.